The number of hydrogen-bond donors (Lipinski definition) is 3. The van der Waals surface area contributed by atoms with Crippen LogP contribution in [0.15, 0.2) is 32.8 Å². The van der Waals surface area contributed by atoms with Crippen molar-refractivity contribution in [3.05, 3.63) is 33.6 Å². The van der Waals surface area contributed by atoms with Gasteiger partial charge in [0.15, 0.2) is 16.2 Å². The van der Waals surface area contributed by atoms with E-state index >= 15 is 0 Å². The highest BCUT2D eigenvalue weighted by Crippen LogP contribution is 2.39. The van der Waals surface area contributed by atoms with Crippen molar-refractivity contribution in [1.82, 2.24) is 9.62 Å². The first kappa shape index (κ1) is 20.3. The summed E-state index contributed by atoms with van der Waals surface area (Å²) < 4.78 is 25.1. The van der Waals surface area contributed by atoms with Gasteiger partial charge in [0, 0.05) is 19.5 Å². The maximum atomic E-state index is 12.2. The van der Waals surface area contributed by atoms with Crippen molar-refractivity contribution in [2.24, 2.45) is 4.99 Å². The number of anilines is 1. The van der Waals surface area contributed by atoms with Crippen molar-refractivity contribution in [3.8, 4) is 11.9 Å². The summed E-state index contributed by atoms with van der Waals surface area (Å²) >= 11 is 12.8. The molecule has 0 saturated heterocycles. The van der Waals surface area contributed by atoms with Crippen LogP contribution in [0, 0.1) is 11.5 Å². The third kappa shape index (κ3) is 4.20. The predicted molar refractivity (Wildman–Crippen MR) is 103 cm³/mol. The third-order valence-electron chi connectivity index (χ3n) is 3.04. The summed E-state index contributed by atoms with van der Waals surface area (Å²) in [5, 5.41) is 25.9. The number of halogens is 2. The number of aliphatic imine (C=N–C) groups is 1. The van der Waals surface area contributed by atoms with Gasteiger partial charge >= 0.3 is 0 Å². The SMILES string of the molecule is CN(C)S(=O)(=O)c1scc(NC(=Nc2cccc(Cl)c2Cl)NC#N)c1O. The van der Waals surface area contributed by atoms with Gasteiger partial charge in [0.1, 0.15) is 0 Å². The summed E-state index contributed by atoms with van der Waals surface area (Å²) in [5.41, 5.74) is 0.343. The van der Waals surface area contributed by atoms with Gasteiger partial charge in [0.2, 0.25) is 5.96 Å². The minimum absolute atomic E-state index is 0.0649. The zero-order chi connectivity index (χ0) is 19.5. The first-order chi connectivity index (χ1) is 12.2. The number of thiophene rings is 1. The van der Waals surface area contributed by atoms with Crippen LogP contribution in [0.5, 0.6) is 5.75 Å². The van der Waals surface area contributed by atoms with E-state index in [2.05, 4.69) is 15.6 Å². The molecule has 8 nitrogen and oxygen atoms in total. The molecule has 0 fully saturated rings. The van der Waals surface area contributed by atoms with Crippen LogP contribution in [0.1, 0.15) is 0 Å². The number of nitriles is 1. The van der Waals surface area contributed by atoms with E-state index in [4.69, 9.17) is 28.5 Å². The van der Waals surface area contributed by atoms with E-state index in [1.165, 1.54) is 19.5 Å². The number of hydrogen-bond acceptors (Lipinski definition) is 6. The molecule has 0 aliphatic rings. The molecule has 0 amide bonds. The van der Waals surface area contributed by atoms with Gasteiger partial charge in [0.05, 0.1) is 21.4 Å². The van der Waals surface area contributed by atoms with Crippen LogP contribution in [0.25, 0.3) is 0 Å². The molecule has 1 aromatic heterocycles. The molecule has 2 aromatic rings. The summed E-state index contributed by atoms with van der Waals surface area (Å²) in [6.07, 6.45) is 1.69. The van der Waals surface area contributed by atoms with Gasteiger partial charge in [-0.05, 0) is 12.1 Å². The summed E-state index contributed by atoms with van der Waals surface area (Å²) in [6.45, 7) is 0. The van der Waals surface area contributed by atoms with E-state index in [0.717, 1.165) is 15.6 Å². The molecule has 1 heterocycles. The second-order valence-corrected chi connectivity index (χ2v) is 8.98. The van der Waals surface area contributed by atoms with E-state index in [1.807, 2.05) is 0 Å². The molecular weight excluding hydrogens is 421 g/mol. The highest BCUT2D eigenvalue weighted by molar-refractivity contribution is 7.91. The lowest BCUT2D eigenvalue weighted by atomic mass is 10.3. The second kappa shape index (κ2) is 8.11. The van der Waals surface area contributed by atoms with Crippen molar-refractivity contribution in [2.45, 2.75) is 4.21 Å². The lowest BCUT2D eigenvalue weighted by molar-refractivity contribution is 0.460. The van der Waals surface area contributed by atoms with Crippen LogP contribution < -0.4 is 10.6 Å². The molecule has 0 spiro atoms. The standard InChI is InChI=1S/C14H13Cl2N5O3S2/c1-21(2)26(23,24)13-12(22)10(6-25-13)20-14(18-7-17)19-9-5-3-4-8(15)11(9)16/h3-6,22H,1-2H3,(H2,18,19,20). The first-order valence-electron chi connectivity index (χ1n) is 6.86. The molecule has 0 saturated carbocycles. The molecule has 2 rings (SSSR count). The Morgan fingerprint density at radius 2 is 2.08 bits per heavy atom. The molecule has 0 aliphatic carbocycles. The maximum absolute atomic E-state index is 12.2. The van der Waals surface area contributed by atoms with E-state index < -0.39 is 15.8 Å². The Kier molecular flexibility index (Phi) is 6.33. The van der Waals surface area contributed by atoms with Crippen LogP contribution in [0.3, 0.4) is 0 Å². The molecule has 0 bridgehead atoms. The number of aromatic hydroxyl groups is 1. The van der Waals surface area contributed by atoms with Crippen molar-refractivity contribution in [2.75, 3.05) is 19.4 Å². The largest absolute Gasteiger partial charge is 0.504 e. The van der Waals surface area contributed by atoms with Crippen LogP contribution >= 0.6 is 34.5 Å². The Hall–Kier alpha value is -2.03. The van der Waals surface area contributed by atoms with Gasteiger partial charge in [-0.15, -0.1) is 11.3 Å². The van der Waals surface area contributed by atoms with E-state index in [-0.39, 0.29) is 31.6 Å². The van der Waals surface area contributed by atoms with Crippen LogP contribution in [0.2, 0.25) is 10.0 Å². The molecule has 0 aliphatic heterocycles. The molecular formula is C14H13Cl2N5O3S2. The fraction of sp³-hybridized carbons (Fsp3) is 0.143. The van der Waals surface area contributed by atoms with Gasteiger partial charge < -0.3 is 10.4 Å². The Labute approximate surface area is 164 Å². The van der Waals surface area contributed by atoms with Gasteiger partial charge in [0.25, 0.3) is 10.0 Å². The summed E-state index contributed by atoms with van der Waals surface area (Å²) in [4.78, 5) is 4.14. The average Bonchev–Trinajstić information content (AvgIpc) is 2.93. The normalized spacial score (nSPS) is 12.1. The van der Waals surface area contributed by atoms with Crippen molar-refractivity contribution >= 4 is 61.9 Å². The molecule has 3 N–H and O–H groups in total. The summed E-state index contributed by atoms with van der Waals surface area (Å²) in [7, 11) is -1.10. The molecule has 0 unspecified atom stereocenters. The van der Waals surface area contributed by atoms with Gasteiger partial charge in [-0.3, -0.25) is 5.32 Å². The summed E-state index contributed by atoms with van der Waals surface area (Å²) in [6, 6.07) is 4.78. The zero-order valence-electron chi connectivity index (χ0n) is 13.5. The van der Waals surface area contributed by atoms with Crippen LogP contribution in [0.4, 0.5) is 11.4 Å². The van der Waals surface area contributed by atoms with Crippen molar-refractivity contribution in [3.63, 3.8) is 0 Å². The molecule has 0 atom stereocenters. The number of nitrogens with zero attached hydrogens (tertiary/aromatic N) is 3. The van der Waals surface area contributed by atoms with Crippen molar-refractivity contribution in [1.29, 1.82) is 5.26 Å². The van der Waals surface area contributed by atoms with Crippen molar-refractivity contribution < 1.29 is 13.5 Å². The highest BCUT2D eigenvalue weighted by atomic mass is 35.5. The van der Waals surface area contributed by atoms with Crippen LogP contribution in [-0.4, -0.2) is 37.9 Å². The topological polar surface area (TPSA) is 118 Å². The second-order valence-electron chi connectivity index (χ2n) is 4.97. The zero-order valence-corrected chi connectivity index (χ0v) is 16.6. The van der Waals surface area contributed by atoms with E-state index in [9.17, 15) is 13.5 Å². The summed E-state index contributed by atoms with van der Waals surface area (Å²) in [5.74, 6) is -0.549. The number of benzene rings is 1. The molecule has 1 aromatic carbocycles. The molecule has 12 heteroatoms. The lowest BCUT2D eigenvalue weighted by Gasteiger charge is -2.11. The van der Waals surface area contributed by atoms with Gasteiger partial charge in [-0.2, -0.15) is 5.26 Å². The third-order valence-corrected chi connectivity index (χ3v) is 7.15. The number of nitrogens with one attached hydrogen (secondary N) is 2. The molecule has 0 radical (unpaired) electrons. The lowest BCUT2D eigenvalue weighted by Crippen LogP contribution is -2.26. The average molecular weight is 434 g/mol. The van der Waals surface area contributed by atoms with Crippen LogP contribution in [-0.2, 0) is 10.0 Å². The quantitative estimate of drug-likeness (QED) is 0.295. The minimum Gasteiger partial charge on any atom is -0.504 e. The Bertz CT molecular complexity index is 996. The Balaban J connectivity index is 2.41. The monoisotopic (exact) mass is 433 g/mol. The van der Waals surface area contributed by atoms with Gasteiger partial charge in [-0.25, -0.2) is 17.7 Å². The number of sulfonamides is 1. The van der Waals surface area contributed by atoms with Gasteiger partial charge in [-0.1, -0.05) is 29.3 Å². The number of rotatable bonds is 4. The Morgan fingerprint density at radius 1 is 1.38 bits per heavy atom. The highest BCUT2D eigenvalue weighted by Gasteiger charge is 2.26. The molecule has 26 heavy (non-hydrogen) atoms. The first-order valence-corrected chi connectivity index (χ1v) is 9.94. The fourth-order valence-corrected chi connectivity index (χ4v) is 4.46. The Morgan fingerprint density at radius 3 is 2.69 bits per heavy atom. The fourth-order valence-electron chi connectivity index (χ4n) is 1.74. The maximum Gasteiger partial charge on any atom is 0.255 e. The minimum atomic E-state index is -3.81. The van der Waals surface area contributed by atoms with E-state index in [0.29, 0.717) is 0 Å². The smallest absolute Gasteiger partial charge is 0.255 e. The van der Waals surface area contributed by atoms with E-state index in [1.54, 1.807) is 24.4 Å². The predicted octanol–water partition coefficient (Wildman–Crippen LogP) is 3.18. The molecule has 138 valence electrons. The number of guanidine groups is 1.